The van der Waals surface area contributed by atoms with Gasteiger partial charge in [-0.25, -0.2) is 9.65 Å². The Kier molecular flexibility index (Phi) is 36.5. The van der Waals surface area contributed by atoms with Gasteiger partial charge in [0.2, 0.25) is 0 Å². The number of esters is 1. The van der Waals surface area contributed by atoms with E-state index in [2.05, 4.69) is 85.8 Å². The van der Waals surface area contributed by atoms with Crippen LogP contribution < -0.4 is 5.09 Å². The Labute approximate surface area is 319 Å². The van der Waals surface area contributed by atoms with E-state index in [4.69, 9.17) is 18.5 Å². The van der Waals surface area contributed by atoms with Crippen molar-refractivity contribution in [1.29, 1.82) is 0 Å². The van der Waals surface area contributed by atoms with Crippen LogP contribution in [-0.2, 0) is 27.9 Å². The van der Waals surface area contributed by atoms with Crippen LogP contribution in [0, 0.1) is 0 Å². The Bertz CT molecular complexity index is 1070. The molecule has 0 aliphatic carbocycles. The van der Waals surface area contributed by atoms with E-state index >= 15 is 0 Å². The molecule has 298 valence electrons. The third-order valence-electron chi connectivity index (χ3n) is 8.21. The fourth-order valence-corrected chi connectivity index (χ4v) is 6.58. The van der Waals surface area contributed by atoms with Gasteiger partial charge in [0.15, 0.2) is 6.10 Å². The van der Waals surface area contributed by atoms with Crippen LogP contribution >= 0.6 is 7.75 Å². The highest BCUT2D eigenvalue weighted by Gasteiger charge is 2.31. The van der Waals surface area contributed by atoms with Gasteiger partial charge in [0.25, 0.3) is 0 Å². The van der Waals surface area contributed by atoms with E-state index in [1.54, 1.807) is 6.26 Å². The predicted octanol–water partition coefficient (Wildman–Crippen LogP) is 13.4. The van der Waals surface area contributed by atoms with Crippen LogP contribution in [0.3, 0.4) is 0 Å². The molecule has 52 heavy (non-hydrogen) atoms. The van der Waals surface area contributed by atoms with Crippen molar-refractivity contribution in [3.05, 3.63) is 85.3 Å². The molecule has 1 saturated heterocycles. The van der Waals surface area contributed by atoms with Crippen LogP contribution in [0.5, 0.6) is 0 Å². The molecule has 1 heterocycles. The van der Waals surface area contributed by atoms with Gasteiger partial charge in [-0.05, 0) is 63.9 Å². The molecule has 1 N–H and O–H groups in total. The molecule has 1 rings (SSSR count). The second-order valence-electron chi connectivity index (χ2n) is 13.0. The molecule has 0 saturated carbocycles. The van der Waals surface area contributed by atoms with Crippen molar-refractivity contribution in [3.63, 3.8) is 0 Å². The zero-order valence-corrected chi connectivity index (χ0v) is 33.1. The minimum absolute atomic E-state index is 0. The molecule has 0 aromatic heterocycles. The highest BCUT2D eigenvalue weighted by Crippen LogP contribution is 2.46. The predicted molar refractivity (Wildman–Crippen MR) is 222 cm³/mol. The molecule has 0 aromatic rings. The fraction of sp³-hybridized carbons (Fsp3) is 0.659. The van der Waals surface area contributed by atoms with Crippen LogP contribution in [0.2, 0.25) is 0 Å². The van der Waals surface area contributed by atoms with Gasteiger partial charge in [-0.2, -0.15) is 0 Å². The number of carbonyl (C=O) groups is 1. The summed E-state index contributed by atoms with van der Waals surface area (Å²) in [6, 6.07) is 0. The standard InChI is InChI=1S/C43H72NO6P.CH4/c1-3-5-7-9-11-13-15-17-19-20-21-22-23-24-26-28-30-32-34-36-43(45)50-42(41-49-51(46)44-37-39-48-51)40-47-38-35-33-31-29-27-25-18-16-14-12-10-8-6-4-2;/h5,7,11,13,17,19,21-22,24,26,30,32,35,38,42H,3-4,6,8-10,12,14-16,18,20,23,25,27-29,31,33-34,36-37,39-41H2,1-2H3,(H,44,46);1H4/b7-5-,13-11-,19-17-,22-21-,26-24-,32-30-,38-35-;. The third-order valence-corrected chi connectivity index (χ3v) is 9.83. The van der Waals surface area contributed by atoms with Gasteiger partial charge in [0.05, 0.1) is 19.5 Å². The van der Waals surface area contributed by atoms with Crippen LogP contribution in [0.4, 0.5) is 0 Å². The number of rotatable bonds is 34. The summed E-state index contributed by atoms with van der Waals surface area (Å²) in [7, 11) is -3.34. The lowest BCUT2D eigenvalue weighted by molar-refractivity contribution is -0.153. The number of hydrogen-bond donors (Lipinski definition) is 1. The number of carbonyl (C=O) groups excluding carboxylic acids is 1. The number of hydrogen-bond acceptors (Lipinski definition) is 6. The molecule has 0 aromatic carbocycles. The van der Waals surface area contributed by atoms with Crippen molar-refractivity contribution in [3.8, 4) is 0 Å². The third kappa shape index (κ3) is 33.4. The Morgan fingerprint density at radius 1 is 0.654 bits per heavy atom. The normalized spacial score (nSPS) is 17.3. The minimum atomic E-state index is -3.34. The van der Waals surface area contributed by atoms with E-state index in [0.29, 0.717) is 19.6 Å². The first kappa shape index (κ1) is 49.6. The Balaban J connectivity index is 0.0000260. The van der Waals surface area contributed by atoms with E-state index in [1.165, 1.54) is 70.6 Å². The summed E-state index contributed by atoms with van der Waals surface area (Å²) in [5.41, 5.74) is 0. The zero-order chi connectivity index (χ0) is 36.8. The van der Waals surface area contributed by atoms with Gasteiger partial charge in [-0.15, -0.1) is 0 Å². The molecule has 7 nitrogen and oxygen atoms in total. The molecular formula is C44H76NO6P. The highest BCUT2D eigenvalue weighted by molar-refractivity contribution is 7.51. The maximum Gasteiger partial charge on any atom is 0.405 e. The van der Waals surface area contributed by atoms with E-state index in [1.807, 2.05) is 12.2 Å². The quantitative estimate of drug-likeness (QED) is 0.0231. The molecule has 2 atom stereocenters. The lowest BCUT2D eigenvalue weighted by atomic mass is 10.0. The van der Waals surface area contributed by atoms with Crippen molar-refractivity contribution >= 4 is 13.7 Å². The SMILES string of the molecule is C.CC/C=C\C/C=C\C/C=C\C/C=C\C/C=C\C/C=C\CCC(=O)OC(CO/C=C\CCCCCCCCCCCCCC)COP1(=O)NCCO1. The van der Waals surface area contributed by atoms with Crippen LogP contribution in [0.15, 0.2) is 85.3 Å². The zero-order valence-electron chi connectivity index (χ0n) is 32.2. The summed E-state index contributed by atoms with van der Waals surface area (Å²) >= 11 is 0. The Morgan fingerprint density at radius 3 is 1.65 bits per heavy atom. The topological polar surface area (TPSA) is 83.1 Å². The second-order valence-corrected chi connectivity index (χ2v) is 14.8. The minimum Gasteiger partial charge on any atom is -0.498 e. The molecule has 2 unspecified atom stereocenters. The van der Waals surface area contributed by atoms with Gasteiger partial charge < -0.3 is 9.47 Å². The largest absolute Gasteiger partial charge is 0.498 e. The smallest absolute Gasteiger partial charge is 0.405 e. The maximum atomic E-state index is 12.6. The summed E-state index contributed by atoms with van der Waals surface area (Å²) in [5.74, 6) is -0.342. The first-order valence-corrected chi connectivity index (χ1v) is 21.6. The molecule has 0 bridgehead atoms. The molecule has 0 spiro atoms. The van der Waals surface area contributed by atoms with Gasteiger partial charge in [0, 0.05) is 13.0 Å². The maximum absolute atomic E-state index is 12.6. The first-order chi connectivity index (χ1) is 25.1. The van der Waals surface area contributed by atoms with E-state index in [-0.39, 0.29) is 33.0 Å². The Hall–Kier alpha value is -2.44. The molecular weight excluding hydrogens is 669 g/mol. The average Bonchev–Trinajstić information content (AvgIpc) is 3.57. The molecule has 8 heteroatoms. The Morgan fingerprint density at radius 2 is 1.15 bits per heavy atom. The molecule has 1 aliphatic heterocycles. The highest BCUT2D eigenvalue weighted by atomic mass is 31.2. The first-order valence-electron chi connectivity index (χ1n) is 20.1. The van der Waals surface area contributed by atoms with Crippen LogP contribution in [-0.4, -0.2) is 38.4 Å². The van der Waals surface area contributed by atoms with Gasteiger partial charge in [0.1, 0.15) is 6.61 Å². The van der Waals surface area contributed by atoms with Crippen molar-refractivity contribution in [2.24, 2.45) is 0 Å². The van der Waals surface area contributed by atoms with Gasteiger partial charge in [-0.3, -0.25) is 13.8 Å². The van der Waals surface area contributed by atoms with Crippen LogP contribution in [0.1, 0.15) is 156 Å². The summed E-state index contributed by atoms with van der Waals surface area (Å²) in [6.45, 7) is 5.26. The number of nitrogens with one attached hydrogen (secondary N) is 1. The van der Waals surface area contributed by atoms with Crippen molar-refractivity contribution in [2.75, 3.05) is 26.4 Å². The molecule has 1 fully saturated rings. The number of allylic oxidation sites excluding steroid dienone is 13. The number of ether oxygens (including phenoxy) is 2. The monoisotopic (exact) mass is 746 g/mol. The number of unbranched alkanes of at least 4 members (excludes halogenated alkanes) is 12. The second kappa shape index (κ2) is 38.3. The summed E-state index contributed by atoms with van der Waals surface area (Å²) in [4.78, 5) is 12.6. The molecule has 0 amide bonds. The van der Waals surface area contributed by atoms with Crippen molar-refractivity contribution < 1.29 is 27.9 Å². The van der Waals surface area contributed by atoms with Crippen LogP contribution in [0.25, 0.3) is 0 Å². The fourth-order valence-electron chi connectivity index (χ4n) is 5.26. The van der Waals surface area contributed by atoms with E-state index in [0.717, 1.165) is 51.4 Å². The summed E-state index contributed by atoms with van der Waals surface area (Å²) < 4.78 is 34.5. The summed E-state index contributed by atoms with van der Waals surface area (Å²) in [5, 5.41) is 2.75. The van der Waals surface area contributed by atoms with Gasteiger partial charge >= 0.3 is 13.7 Å². The molecule has 0 radical (unpaired) electrons. The van der Waals surface area contributed by atoms with Crippen molar-refractivity contribution in [1.82, 2.24) is 5.09 Å². The average molecular weight is 746 g/mol. The lowest BCUT2D eigenvalue weighted by Gasteiger charge is -2.19. The van der Waals surface area contributed by atoms with Crippen molar-refractivity contribution in [2.45, 2.75) is 162 Å². The lowest BCUT2D eigenvalue weighted by Crippen LogP contribution is -2.28. The summed E-state index contributed by atoms with van der Waals surface area (Å²) in [6.07, 6.45) is 52.4. The van der Waals surface area contributed by atoms with Gasteiger partial charge in [-0.1, -0.05) is 165 Å². The van der Waals surface area contributed by atoms with E-state index < -0.39 is 13.9 Å². The molecule has 1 aliphatic rings. The van der Waals surface area contributed by atoms with E-state index in [9.17, 15) is 9.36 Å².